The molecule has 102 valence electrons. The Labute approximate surface area is 118 Å². The van der Waals surface area contributed by atoms with Gasteiger partial charge in [-0.25, -0.2) is 4.39 Å². The molecule has 2 aromatic carbocycles. The van der Waals surface area contributed by atoms with Crippen molar-refractivity contribution in [1.82, 2.24) is 0 Å². The Kier molecular flexibility index (Phi) is 4.31. The lowest BCUT2D eigenvalue weighted by Gasteiger charge is -2.15. The third-order valence-corrected chi connectivity index (χ3v) is 3.11. The van der Waals surface area contributed by atoms with E-state index in [4.69, 9.17) is 0 Å². The molecule has 3 heteroatoms. The topological polar surface area (TPSA) is 20.3 Å². The molecular weight excluding hydrogens is 253 g/mol. The van der Waals surface area contributed by atoms with Crippen LogP contribution in [-0.2, 0) is 4.79 Å². The summed E-state index contributed by atoms with van der Waals surface area (Å²) in [5.41, 5.74) is 2.47. The third-order valence-electron chi connectivity index (χ3n) is 3.11. The zero-order chi connectivity index (χ0) is 14.5. The molecule has 0 radical (unpaired) electrons. The number of para-hydroxylation sites is 1. The van der Waals surface area contributed by atoms with Gasteiger partial charge >= 0.3 is 0 Å². The zero-order valence-electron chi connectivity index (χ0n) is 11.5. The zero-order valence-corrected chi connectivity index (χ0v) is 11.5. The van der Waals surface area contributed by atoms with Crippen LogP contribution in [0.4, 0.5) is 10.1 Å². The minimum Gasteiger partial charge on any atom is -0.312 e. The number of carbonyl (C=O) groups is 1. The second-order valence-corrected chi connectivity index (χ2v) is 4.57. The van der Waals surface area contributed by atoms with E-state index in [2.05, 4.69) is 0 Å². The smallest absolute Gasteiger partial charge is 0.250 e. The molecule has 2 rings (SSSR count). The number of hydrogen-bond donors (Lipinski definition) is 0. The van der Waals surface area contributed by atoms with E-state index in [0.717, 1.165) is 16.8 Å². The Hall–Kier alpha value is -2.42. The first-order valence-corrected chi connectivity index (χ1v) is 6.35. The molecule has 0 atom stereocenters. The maximum Gasteiger partial charge on any atom is 0.250 e. The summed E-state index contributed by atoms with van der Waals surface area (Å²) in [5.74, 6) is -0.396. The lowest BCUT2D eigenvalue weighted by molar-refractivity contribution is -0.113. The van der Waals surface area contributed by atoms with Crippen LogP contribution in [-0.4, -0.2) is 13.0 Å². The van der Waals surface area contributed by atoms with Gasteiger partial charge in [0.15, 0.2) is 0 Å². The summed E-state index contributed by atoms with van der Waals surface area (Å²) in [5, 5.41) is 0. The maximum absolute atomic E-state index is 12.9. The van der Waals surface area contributed by atoms with Crippen LogP contribution in [0.5, 0.6) is 0 Å². The minimum atomic E-state index is -0.283. The molecule has 0 saturated carbocycles. The van der Waals surface area contributed by atoms with E-state index in [1.54, 1.807) is 30.2 Å². The molecule has 20 heavy (non-hydrogen) atoms. The van der Waals surface area contributed by atoms with E-state index in [-0.39, 0.29) is 11.7 Å². The standard InChI is InChI=1S/C17H16FNO/c1-13(14-8-10-15(18)11-9-14)12-17(20)19(2)16-6-4-3-5-7-16/h3-12H,1-2H3/b13-12+. The normalized spacial score (nSPS) is 11.2. The van der Waals surface area contributed by atoms with Crippen LogP contribution in [0.25, 0.3) is 5.57 Å². The van der Waals surface area contributed by atoms with E-state index in [0.29, 0.717) is 0 Å². The highest BCUT2D eigenvalue weighted by atomic mass is 19.1. The summed E-state index contributed by atoms with van der Waals surface area (Å²) in [6.45, 7) is 1.84. The SMILES string of the molecule is C/C(=C\C(=O)N(C)c1ccccc1)c1ccc(F)cc1. The van der Waals surface area contributed by atoms with Crippen LogP contribution in [0.2, 0.25) is 0 Å². The fourth-order valence-electron chi connectivity index (χ4n) is 1.86. The highest BCUT2D eigenvalue weighted by Crippen LogP contribution is 2.16. The van der Waals surface area contributed by atoms with Gasteiger partial charge in [0.25, 0.3) is 5.91 Å². The fraction of sp³-hybridized carbons (Fsp3) is 0.118. The van der Waals surface area contributed by atoms with Crippen molar-refractivity contribution in [2.24, 2.45) is 0 Å². The second kappa shape index (κ2) is 6.15. The average Bonchev–Trinajstić information content (AvgIpc) is 2.48. The van der Waals surface area contributed by atoms with Crippen molar-refractivity contribution in [2.45, 2.75) is 6.92 Å². The molecule has 0 spiro atoms. The van der Waals surface area contributed by atoms with Gasteiger partial charge < -0.3 is 4.90 Å². The number of carbonyl (C=O) groups excluding carboxylic acids is 1. The molecule has 0 bridgehead atoms. The van der Waals surface area contributed by atoms with E-state index in [9.17, 15) is 9.18 Å². The first-order chi connectivity index (χ1) is 9.58. The van der Waals surface area contributed by atoms with E-state index >= 15 is 0 Å². The number of likely N-dealkylation sites (N-methyl/N-ethyl adjacent to an activating group) is 1. The lowest BCUT2D eigenvalue weighted by Crippen LogP contribution is -2.24. The van der Waals surface area contributed by atoms with Crippen LogP contribution < -0.4 is 4.90 Å². The van der Waals surface area contributed by atoms with Crippen molar-refractivity contribution in [3.8, 4) is 0 Å². The number of allylic oxidation sites excluding steroid dienone is 1. The highest BCUT2D eigenvalue weighted by Gasteiger charge is 2.08. The van der Waals surface area contributed by atoms with E-state index in [1.165, 1.54) is 12.1 Å². The first-order valence-electron chi connectivity index (χ1n) is 6.35. The van der Waals surface area contributed by atoms with Gasteiger partial charge in [-0.05, 0) is 42.3 Å². The number of anilines is 1. The molecule has 1 amide bonds. The molecule has 0 unspecified atom stereocenters. The van der Waals surface area contributed by atoms with Crippen molar-refractivity contribution in [3.63, 3.8) is 0 Å². The molecule has 0 aliphatic carbocycles. The Morgan fingerprint density at radius 1 is 1.05 bits per heavy atom. The van der Waals surface area contributed by atoms with Gasteiger partial charge in [0.05, 0.1) is 0 Å². The molecule has 0 aromatic heterocycles. The highest BCUT2D eigenvalue weighted by molar-refractivity contribution is 6.05. The van der Waals surface area contributed by atoms with Gasteiger partial charge in [-0.2, -0.15) is 0 Å². The van der Waals surface area contributed by atoms with Crippen molar-refractivity contribution in [1.29, 1.82) is 0 Å². The number of benzene rings is 2. The summed E-state index contributed by atoms with van der Waals surface area (Å²) in [7, 11) is 1.73. The van der Waals surface area contributed by atoms with Crippen LogP contribution in [0.1, 0.15) is 12.5 Å². The van der Waals surface area contributed by atoms with Crippen LogP contribution in [0.3, 0.4) is 0 Å². The molecule has 2 nitrogen and oxygen atoms in total. The number of hydrogen-bond acceptors (Lipinski definition) is 1. The molecule has 2 aromatic rings. The number of amides is 1. The van der Waals surface area contributed by atoms with Crippen LogP contribution in [0.15, 0.2) is 60.7 Å². The summed E-state index contributed by atoms with van der Waals surface area (Å²) >= 11 is 0. The predicted octanol–water partition coefficient (Wildman–Crippen LogP) is 3.89. The Bertz CT molecular complexity index is 617. The fourth-order valence-corrected chi connectivity index (χ4v) is 1.86. The van der Waals surface area contributed by atoms with Gasteiger partial charge in [0.1, 0.15) is 5.82 Å². The molecule has 0 saturated heterocycles. The first kappa shape index (κ1) is 14.0. The summed E-state index contributed by atoms with van der Waals surface area (Å²) in [4.78, 5) is 13.7. The average molecular weight is 269 g/mol. The van der Waals surface area contributed by atoms with Gasteiger partial charge in [-0.3, -0.25) is 4.79 Å². The number of halogens is 1. The third kappa shape index (κ3) is 3.32. The lowest BCUT2D eigenvalue weighted by atomic mass is 10.1. The van der Waals surface area contributed by atoms with Crippen LogP contribution >= 0.6 is 0 Å². The molecule has 0 N–H and O–H groups in total. The van der Waals surface area contributed by atoms with Gasteiger partial charge in [0, 0.05) is 18.8 Å². The van der Waals surface area contributed by atoms with Crippen molar-refractivity contribution < 1.29 is 9.18 Å². The Balaban J connectivity index is 2.17. The summed E-state index contributed by atoms with van der Waals surface area (Å²) < 4.78 is 12.9. The summed E-state index contributed by atoms with van der Waals surface area (Å²) in [6.07, 6.45) is 1.56. The van der Waals surface area contributed by atoms with E-state index < -0.39 is 0 Å². The molecule has 0 fully saturated rings. The Morgan fingerprint density at radius 2 is 1.65 bits per heavy atom. The van der Waals surface area contributed by atoms with Crippen LogP contribution in [0, 0.1) is 5.82 Å². The molecule has 0 aliphatic heterocycles. The van der Waals surface area contributed by atoms with Crippen molar-refractivity contribution >= 4 is 17.2 Å². The number of rotatable bonds is 3. The maximum atomic E-state index is 12.9. The minimum absolute atomic E-state index is 0.113. The summed E-state index contributed by atoms with van der Waals surface area (Å²) in [6, 6.07) is 15.5. The van der Waals surface area contributed by atoms with Crippen molar-refractivity contribution in [3.05, 3.63) is 72.1 Å². The molecule has 0 heterocycles. The largest absolute Gasteiger partial charge is 0.312 e. The quantitative estimate of drug-likeness (QED) is 0.774. The predicted molar refractivity (Wildman–Crippen MR) is 79.9 cm³/mol. The molecule has 0 aliphatic rings. The monoisotopic (exact) mass is 269 g/mol. The Morgan fingerprint density at radius 3 is 2.25 bits per heavy atom. The van der Waals surface area contributed by atoms with Crippen molar-refractivity contribution in [2.75, 3.05) is 11.9 Å². The van der Waals surface area contributed by atoms with Gasteiger partial charge in [0.2, 0.25) is 0 Å². The van der Waals surface area contributed by atoms with E-state index in [1.807, 2.05) is 37.3 Å². The van der Waals surface area contributed by atoms with Gasteiger partial charge in [-0.15, -0.1) is 0 Å². The second-order valence-electron chi connectivity index (χ2n) is 4.57. The molecular formula is C17H16FNO. The number of nitrogens with zero attached hydrogens (tertiary/aromatic N) is 1. The van der Waals surface area contributed by atoms with Gasteiger partial charge in [-0.1, -0.05) is 30.3 Å².